The molecule has 3 aromatic rings. The van der Waals surface area contributed by atoms with Crippen molar-refractivity contribution in [1.82, 2.24) is 9.55 Å². The first-order valence-electron chi connectivity index (χ1n) is 7.20. The average Bonchev–Trinajstić information content (AvgIpc) is 3.01. The zero-order chi connectivity index (χ0) is 17.4. The molecule has 148 valence electrons. The highest BCUT2D eigenvalue weighted by Gasteiger charge is 2.25. The molecule has 1 aromatic heterocycles. The summed E-state index contributed by atoms with van der Waals surface area (Å²) in [6, 6.07) is 9.65. The van der Waals surface area contributed by atoms with Crippen LogP contribution in [0.4, 0.5) is 14.5 Å². The van der Waals surface area contributed by atoms with Gasteiger partial charge in [0.05, 0.1) is 11.9 Å². The van der Waals surface area contributed by atoms with Crippen molar-refractivity contribution >= 4 is 38.6 Å². The molecule has 0 saturated heterocycles. The van der Waals surface area contributed by atoms with Crippen LogP contribution in [0.15, 0.2) is 41.1 Å². The highest BCUT2D eigenvalue weighted by molar-refractivity contribution is 9.10. The summed E-state index contributed by atoms with van der Waals surface area (Å²) in [7, 11) is 3.49. The van der Waals surface area contributed by atoms with Crippen LogP contribution in [0.3, 0.4) is 0 Å². The molecule has 27 heavy (non-hydrogen) atoms. The van der Waals surface area contributed by atoms with Gasteiger partial charge in [0.2, 0.25) is 5.91 Å². The Hall–Kier alpha value is -2.28. The highest BCUT2D eigenvalue weighted by atomic mass is 79.9. The Morgan fingerprint density at radius 1 is 1.00 bits per heavy atom. The Morgan fingerprint density at radius 2 is 1.59 bits per heavy atom. The second-order valence-electron chi connectivity index (χ2n) is 5.41. The molecule has 1 aliphatic heterocycles. The molecule has 0 N–H and O–H groups in total. The smallest absolute Gasteiger partial charge is 0.231 e. The number of likely N-dealkylation sites (N-methyl/N-ethyl adjacent to an activating group) is 1. The summed E-state index contributed by atoms with van der Waals surface area (Å²) in [5.41, 5.74) is 2.42. The number of benzene rings is 2. The molecule has 2 aromatic carbocycles. The summed E-state index contributed by atoms with van der Waals surface area (Å²) in [5, 5.41) is 0. The van der Waals surface area contributed by atoms with Crippen LogP contribution in [-0.2, 0) is 18.3 Å². The Morgan fingerprint density at radius 3 is 2.19 bits per heavy atom. The normalized spacial score (nSPS) is 11.6. The number of halogens is 3. The second-order valence-corrected chi connectivity index (χ2v) is 6.12. The first-order valence-corrected chi connectivity index (χ1v) is 8.00. The van der Waals surface area contributed by atoms with Crippen molar-refractivity contribution in [2.75, 3.05) is 11.9 Å². The molecular weight excluding hydrogens is 416 g/mol. The maximum Gasteiger partial charge on any atom is 0.231 e. The van der Waals surface area contributed by atoms with Crippen LogP contribution >= 0.6 is 15.9 Å². The minimum Gasteiger partial charge on any atom is -0.322 e. The van der Waals surface area contributed by atoms with Crippen molar-refractivity contribution in [3.63, 3.8) is 0 Å². The third-order valence-electron chi connectivity index (χ3n) is 3.97. The van der Waals surface area contributed by atoms with Gasteiger partial charge < -0.3 is 9.47 Å². The van der Waals surface area contributed by atoms with E-state index in [4.69, 9.17) is 0 Å². The molecule has 4 rings (SSSR count). The summed E-state index contributed by atoms with van der Waals surface area (Å²) in [6.45, 7) is 0. The Kier molecular flexibility index (Phi) is 8.79. The topological polar surface area (TPSA) is 38.1 Å². The molecule has 0 spiro atoms. The molecule has 1 amide bonds. The van der Waals surface area contributed by atoms with Crippen molar-refractivity contribution < 1.29 is 13.6 Å². The van der Waals surface area contributed by atoms with Gasteiger partial charge in [-0.05, 0) is 40.2 Å². The van der Waals surface area contributed by atoms with E-state index in [9.17, 15) is 13.6 Å². The number of amides is 1. The molecular formula is C20H26BrF2N3O. The minimum absolute atomic E-state index is 0. The van der Waals surface area contributed by atoms with Crippen molar-refractivity contribution in [2.45, 2.75) is 28.7 Å². The van der Waals surface area contributed by atoms with E-state index in [0.29, 0.717) is 21.5 Å². The van der Waals surface area contributed by atoms with Gasteiger partial charge in [-0.25, -0.2) is 13.8 Å². The van der Waals surface area contributed by atoms with Crippen LogP contribution in [-0.4, -0.2) is 22.5 Å². The second kappa shape index (κ2) is 9.60. The van der Waals surface area contributed by atoms with Crippen LogP contribution in [0.1, 0.15) is 27.8 Å². The minimum atomic E-state index is -0.287. The number of nitrogens with zero attached hydrogens (tertiary/aromatic N) is 3. The summed E-state index contributed by atoms with van der Waals surface area (Å²) < 4.78 is 28.6. The highest BCUT2D eigenvalue weighted by Crippen LogP contribution is 2.29. The van der Waals surface area contributed by atoms with Crippen molar-refractivity contribution in [1.29, 1.82) is 0 Å². The molecule has 0 aliphatic carbocycles. The largest absolute Gasteiger partial charge is 0.322 e. The maximum atomic E-state index is 13.1. The predicted molar refractivity (Wildman–Crippen MR) is 112 cm³/mol. The van der Waals surface area contributed by atoms with E-state index in [1.54, 1.807) is 29.8 Å². The lowest BCUT2D eigenvalue weighted by molar-refractivity contribution is -0.117. The number of aryl methyl sites for hydroxylation is 1. The number of imidazole rings is 1. The Balaban J connectivity index is 0.000000451. The third kappa shape index (κ3) is 4.53. The number of hydrogen-bond acceptors (Lipinski definition) is 2. The standard InChI is InChI=1S/C9H8FNO.C8H6BrFN2.3CH4/c1-11-8-4-2-3-7(10)6(8)5-9(11)12;1-12-6-4-2-3-5(10)7(6)11-8(12)9;;;/h2-4H,5H2,1H3;2-4H,1H3;3*1H4. The molecule has 4 nitrogen and oxygen atoms in total. The fraction of sp³-hybridized carbons (Fsp3) is 0.300. The van der Waals surface area contributed by atoms with Crippen LogP contribution in [0.25, 0.3) is 11.0 Å². The van der Waals surface area contributed by atoms with E-state index in [1.165, 1.54) is 17.0 Å². The molecule has 7 heteroatoms. The van der Waals surface area contributed by atoms with Crippen LogP contribution in [0.2, 0.25) is 0 Å². The van der Waals surface area contributed by atoms with Crippen molar-refractivity contribution in [3.8, 4) is 0 Å². The van der Waals surface area contributed by atoms with E-state index >= 15 is 0 Å². The lowest BCUT2D eigenvalue weighted by Gasteiger charge is -2.08. The number of anilines is 1. The first-order chi connectivity index (χ1) is 11.4. The summed E-state index contributed by atoms with van der Waals surface area (Å²) in [5.74, 6) is -0.617. The van der Waals surface area contributed by atoms with Gasteiger partial charge in [-0.3, -0.25) is 4.79 Å². The maximum absolute atomic E-state index is 13.1. The lowest BCUT2D eigenvalue weighted by atomic mass is 10.1. The fourth-order valence-corrected chi connectivity index (χ4v) is 2.96. The van der Waals surface area contributed by atoms with Crippen LogP contribution < -0.4 is 4.90 Å². The van der Waals surface area contributed by atoms with Gasteiger partial charge in [0, 0.05) is 25.3 Å². The molecule has 2 heterocycles. The van der Waals surface area contributed by atoms with Gasteiger partial charge in [-0.2, -0.15) is 0 Å². The zero-order valence-electron chi connectivity index (χ0n) is 13.1. The number of fused-ring (bicyclic) bond motifs is 2. The first kappa shape index (κ1) is 24.7. The van der Waals surface area contributed by atoms with Crippen LogP contribution in [0, 0.1) is 11.6 Å². The van der Waals surface area contributed by atoms with Gasteiger partial charge in [-0.1, -0.05) is 34.4 Å². The van der Waals surface area contributed by atoms with E-state index in [0.717, 1.165) is 5.52 Å². The van der Waals surface area contributed by atoms with Crippen molar-refractivity contribution in [2.24, 2.45) is 7.05 Å². The van der Waals surface area contributed by atoms with E-state index in [-0.39, 0.29) is 46.2 Å². The van der Waals surface area contributed by atoms with Crippen molar-refractivity contribution in [3.05, 3.63) is 58.3 Å². The molecule has 0 saturated carbocycles. The van der Waals surface area contributed by atoms with E-state index in [1.807, 2.05) is 13.1 Å². The number of carbonyl (C=O) groups excluding carboxylic acids is 1. The van der Waals surface area contributed by atoms with Gasteiger partial charge in [0.25, 0.3) is 0 Å². The Labute approximate surface area is 168 Å². The van der Waals surface area contributed by atoms with Crippen LogP contribution in [0.5, 0.6) is 0 Å². The predicted octanol–water partition coefficient (Wildman–Crippen LogP) is 5.73. The molecule has 0 atom stereocenters. The lowest BCUT2D eigenvalue weighted by Crippen LogP contribution is -2.20. The van der Waals surface area contributed by atoms with Gasteiger partial charge in [-0.15, -0.1) is 0 Å². The molecule has 1 aliphatic rings. The SMILES string of the molecule is C.C.C.CN1C(=O)Cc2c(F)cccc21.Cn1c(Br)nc2c(F)cccc21. The van der Waals surface area contributed by atoms with E-state index < -0.39 is 0 Å². The number of rotatable bonds is 0. The average molecular weight is 442 g/mol. The van der Waals surface area contributed by atoms with Gasteiger partial charge in [0.1, 0.15) is 11.3 Å². The number of aromatic nitrogens is 2. The summed E-state index contributed by atoms with van der Waals surface area (Å²) in [4.78, 5) is 16.6. The number of carbonyl (C=O) groups is 1. The summed E-state index contributed by atoms with van der Waals surface area (Å²) >= 11 is 3.23. The molecule has 0 bridgehead atoms. The zero-order valence-corrected chi connectivity index (χ0v) is 14.6. The molecule has 0 unspecified atom stereocenters. The van der Waals surface area contributed by atoms with E-state index in [2.05, 4.69) is 20.9 Å². The quantitative estimate of drug-likeness (QED) is 0.446. The van der Waals surface area contributed by atoms with Gasteiger partial charge in [0.15, 0.2) is 10.6 Å². The Bertz CT molecular complexity index is 940. The number of hydrogen-bond donors (Lipinski definition) is 0. The fourth-order valence-electron chi connectivity index (χ4n) is 2.59. The monoisotopic (exact) mass is 441 g/mol. The molecule has 0 radical (unpaired) electrons. The van der Waals surface area contributed by atoms with Gasteiger partial charge >= 0.3 is 0 Å². The number of para-hydroxylation sites is 1. The molecule has 0 fully saturated rings. The summed E-state index contributed by atoms with van der Waals surface area (Å²) in [6.07, 6.45) is 0.193. The third-order valence-corrected chi connectivity index (χ3v) is 4.67.